The zero-order valence-electron chi connectivity index (χ0n) is 28.4. The number of halogens is 1. The molecule has 1 heterocycles. The largest absolute Gasteiger partial charge is 0.439 e. The van der Waals surface area contributed by atoms with Gasteiger partial charge in [-0.3, -0.25) is 14.4 Å². The predicted octanol–water partition coefficient (Wildman–Crippen LogP) is 3.29. The molecule has 0 fully saturated rings. The van der Waals surface area contributed by atoms with Gasteiger partial charge in [-0.1, -0.05) is 51.0 Å². The summed E-state index contributed by atoms with van der Waals surface area (Å²) in [4.78, 5) is 52.0. The minimum atomic E-state index is -0.997. The number of methoxy groups -OCH3 is 2. The van der Waals surface area contributed by atoms with E-state index in [1.165, 1.54) is 20.3 Å². The van der Waals surface area contributed by atoms with Crippen LogP contribution < -0.4 is 22.1 Å². The summed E-state index contributed by atoms with van der Waals surface area (Å²) in [6, 6.07) is 0. The number of carbonyl (C=O) groups is 4. The van der Waals surface area contributed by atoms with E-state index in [0.717, 1.165) is 31.8 Å². The van der Waals surface area contributed by atoms with Crippen molar-refractivity contribution < 1.29 is 38.5 Å². The number of ether oxygens (including phenoxy) is 3. The van der Waals surface area contributed by atoms with Gasteiger partial charge in [0.25, 0.3) is 5.91 Å². The van der Waals surface area contributed by atoms with Crippen molar-refractivity contribution >= 4 is 36.0 Å². The third kappa shape index (κ3) is 12.7. The summed E-state index contributed by atoms with van der Waals surface area (Å²) < 4.78 is 16.7. The Morgan fingerprint density at radius 3 is 2.38 bits per heavy atom. The average molecular weight is 681 g/mol. The van der Waals surface area contributed by atoms with Crippen molar-refractivity contribution in [3.8, 4) is 0 Å². The number of fused-ring (bicyclic) bond motifs is 2. The quantitative estimate of drug-likeness (QED) is 0.130. The van der Waals surface area contributed by atoms with Gasteiger partial charge in [0.05, 0.1) is 23.6 Å². The Balaban J connectivity index is 0.0000110. The Kier molecular flexibility index (Phi) is 18.5. The molecule has 47 heavy (non-hydrogen) atoms. The molecule has 1 aliphatic carbocycles. The van der Waals surface area contributed by atoms with E-state index in [0.29, 0.717) is 25.1 Å². The summed E-state index contributed by atoms with van der Waals surface area (Å²) in [5.74, 6) is -2.04. The smallest absolute Gasteiger partial charge is 0.405 e. The summed E-state index contributed by atoms with van der Waals surface area (Å²) in [5, 5.41) is 17.1. The molecule has 12 nitrogen and oxygen atoms in total. The van der Waals surface area contributed by atoms with Crippen LogP contribution in [0.4, 0.5) is 4.79 Å². The fourth-order valence-corrected chi connectivity index (χ4v) is 5.61. The highest BCUT2D eigenvalue weighted by molar-refractivity contribution is 6.23. The molecule has 0 aromatic heterocycles. The SMILES string of the molecule is COC1/C=C\C=C(/C)C(=O)NC2=CC(=O)C(NCCCCCCN)=C(C[C@@H](C)CC(OC)[C@H](O)[C@@H](C)/C=C(/C)[C@@H]1OC(N)=O)C2=O.Cl. The van der Waals surface area contributed by atoms with Gasteiger partial charge in [-0.25, -0.2) is 4.79 Å². The second-order valence-corrected chi connectivity index (χ2v) is 12.1. The highest BCUT2D eigenvalue weighted by Gasteiger charge is 2.33. The lowest BCUT2D eigenvalue weighted by atomic mass is 9.85. The van der Waals surface area contributed by atoms with E-state index in [-0.39, 0.29) is 47.3 Å². The van der Waals surface area contributed by atoms with Gasteiger partial charge in [0, 0.05) is 43.9 Å². The second-order valence-electron chi connectivity index (χ2n) is 12.1. The summed E-state index contributed by atoms with van der Waals surface area (Å²) in [6.45, 7) is 8.17. The van der Waals surface area contributed by atoms with Gasteiger partial charge in [0.15, 0.2) is 6.10 Å². The molecule has 7 N–H and O–H groups in total. The fraction of sp³-hybridized carbons (Fsp3) is 0.588. The molecular weight excluding hydrogens is 628 g/mol. The van der Waals surface area contributed by atoms with Crippen LogP contribution >= 0.6 is 12.4 Å². The number of primary amides is 1. The molecule has 0 spiro atoms. The first-order valence-electron chi connectivity index (χ1n) is 15.9. The zero-order chi connectivity index (χ0) is 34.4. The van der Waals surface area contributed by atoms with Crippen LogP contribution in [-0.2, 0) is 28.6 Å². The second kappa shape index (κ2) is 20.8. The van der Waals surface area contributed by atoms with Crippen LogP contribution in [0.1, 0.15) is 66.2 Å². The van der Waals surface area contributed by atoms with Crippen molar-refractivity contribution in [1.82, 2.24) is 10.6 Å². The minimum Gasteiger partial charge on any atom is -0.439 e. The molecule has 2 unspecified atom stereocenters. The Bertz CT molecular complexity index is 1260. The van der Waals surface area contributed by atoms with Crippen LogP contribution in [0.3, 0.4) is 0 Å². The molecule has 0 aromatic rings. The number of Topliss-reactive ketones (excluding diaryl/α,β-unsaturated/α-hetero) is 1. The number of carbonyl (C=O) groups excluding carboxylic acids is 4. The molecule has 2 rings (SSSR count). The maximum Gasteiger partial charge on any atom is 0.405 e. The van der Waals surface area contributed by atoms with Gasteiger partial charge >= 0.3 is 6.09 Å². The van der Waals surface area contributed by atoms with Gasteiger partial charge in [0.1, 0.15) is 6.10 Å². The maximum absolute atomic E-state index is 13.8. The number of aliphatic hydroxyl groups is 1. The summed E-state index contributed by atoms with van der Waals surface area (Å²) >= 11 is 0. The van der Waals surface area contributed by atoms with E-state index < -0.39 is 53.9 Å². The first kappa shape index (κ1) is 41.7. The number of hydrogen-bond acceptors (Lipinski definition) is 10. The summed E-state index contributed by atoms with van der Waals surface area (Å²) in [7, 11) is 2.94. The molecule has 6 atom stereocenters. The number of unbranched alkanes of at least 4 members (excludes halogenated alkanes) is 3. The Morgan fingerprint density at radius 2 is 1.77 bits per heavy atom. The molecule has 1 aliphatic heterocycles. The van der Waals surface area contributed by atoms with Crippen LogP contribution in [0, 0.1) is 11.8 Å². The molecule has 2 aliphatic rings. The van der Waals surface area contributed by atoms with Crippen molar-refractivity contribution in [2.45, 2.75) is 90.6 Å². The summed E-state index contributed by atoms with van der Waals surface area (Å²) in [6.07, 6.45) is 7.54. The monoisotopic (exact) mass is 680 g/mol. The highest BCUT2D eigenvalue weighted by Crippen LogP contribution is 2.29. The third-order valence-electron chi connectivity index (χ3n) is 8.23. The van der Waals surface area contributed by atoms with Gasteiger partial charge in [-0.2, -0.15) is 0 Å². The van der Waals surface area contributed by atoms with Crippen molar-refractivity contribution in [3.05, 3.63) is 58.5 Å². The number of ketones is 2. The number of rotatable bonds is 10. The minimum absolute atomic E-state index is 0. The van der Waals surface area contributed by atoms with E-state index >= 15 is 0 Å². The van der Waals surface area contributed by atoms with Crippen molar-refractivity contribution in [2.24, 2.45) is 23.3 Å². The predicted molar refractivity (Wildman–Crippen MR) is 182 cm³/mol. The number of amides is 2. The van der Waals surface area contributed by atoms with Crippen LogP contribution in [-0.4, -0.2) is 80.4 Å². The topological polar surface area (TPSA) is 192 Å². The van der Waals surface area contributed by atoms with Crippen molar-refractivity contribution in [3.63, 3.8) is 0 Å². The lowest BCUT2D eigenvalue weighted by Crippen LogP contribution is -2.38. The van der Waals surface area contributed by atoms with Crippen molar-refractivity contribution in [1.29, 1.82) is 0 Å². The van der Waals surface area contributed by atoms with Crippen LogP contribution in [0.2, 0.25) is 0 Å². The lowest BCUT2D eigenvalue weighted by molar-refractivity contribution is -0.120. The van der Waals surface area contributed by atoms with Crippen molar-refractivity contribution in [2.75, 3.05) is 27.3 Å². The molecule has 0 aromatic carbocycles. The zero-order valence-corrected chi connectivity index (χ0v) is 29.2. The number of aliphatic hydroxyl groups excluding tert-OH is 1. The fourth-order valence-electron chi connectivity index (χ4n) is 5.61. The first-order valence-corrected chi connectivity index (χ1v) is 15.9. The third-order valence-corrected chi connectivity index (χ3v) is 8.23. The van der Waals surface area contributed by atoms with Crippen LogP contribution in [0.5, 0.6) is 0 Å². The molecule has 2 bridgehead atoms. The number of hydrogen-bond donors (Lipinski definition) is 5. The Labute approximate surface area is 284 Å². The molecule has 2 amide bonds. The van der Waals surface area contributed by atoms with E-state index in [2.05, 4.69) is 10.6 Å². The van der Waals surface area contributed by atoms with E-state index in [9.17, 15) is 24.3 Å². The number of nitrogens with two attached hydrogens (primary N) is 2. The molecule has 13 heteroatoms. The molecule has 0 radical (unpaired) electrons. The van der Waals surface area contributed by atoms with E-state index in [1.54, 1.807) is 32.1 Å². The molecule has 0 saturated heterocycles. The normalized spacial score (nSPS) is 29.4. The molecule has 264 valence electrons. The van der Waals surface area contributed by atoms with Crippen LogP contribution in [0.25, 0.3) is 0 Å². The maximum atomic E-state index is 13.8. The standard InChI is InChI=1S/C34H52N4O8.ClH/c1-20-16-24-29(37-15-10-8-7-9-14-35)26(39)19-25(31(24)41)38-33(42)21(2)12-11-13-27(44-5)32(46-34(36)43)23(4)18-22(3)30(40)28(17-20)45-6;/h11-13,18-20,22,27-28,30,32,37,40H,7-10,14-17,35H2,1-6H3,(H2,36,43)(H,38,42);1H/b13-11-,21-12+,23-18-;/t20-,22+,27?,28?,30-,32+;/m1./s1. The highest BCUT2D eigenvalue weighted by atomic mass is 35.5. The lowest BCUT2D eigenvalue weighted by Gasteiger charge is -2.30. The van der Waals surface area contributed by atoms with Gasteiger partial charge in [-0.05, 0) is 57.6 Å². The Morgan fingerprint density at radius 1 is 1.09 bits per heavy atom. The average Bonchev–Trinajstić information content (AvgIpc) is 3.01. The van der Waals surface area contributed by atoms with Gasteiger partial charge in [-0.15, -0.1) is 12.4 Å². The number of allylic oxidation sites excluding steroid dienone is 4. The number of nitrogens with one attached hydrogen (secondary N) is 2. The van der Waals surface area contributed by atoms with E-state index in [1.807, 2.05) is 13.8 Å². The van der Waals surface area contributed by atoms with Gasteiger partial charge in [0.2, 0.25) is 11.6 Å². The summed E-state index contributed by atoms with van der Waals surface area (Å²) in [5.41, 5.74) is 12.2. The first-order chi connectivity index (χ1) is 21.8. The Hall–Kier alpha value is -3.29. The molecular formula is C34H53ClN4O8. The molecule has 0 saturated carbocycles. The van der Waals surface area contributed by atoms with Gasteiger partial charge < -0.3 is 41.4 Å². The van der Waals surface area contributed by atoms with Crippen LogP contribution in [0.15, 0.2) is 58.5 Å². The van der Waals surface area contributed by atoms with E-state index in [4.69, 9.17) is 25.7 Å².